The SMILES string of the molecule is Cc1cc2ccc3cc(-n4c5ccccc5c5ccccc54)cc4ccc(c1)c2c34. The summed E-state index contributed by atoms with van der Waals surface area (Å²) in [6.45, 7) is 2.18. The second kappa shape index (κ2) is 5.61. The lowest BCUT2D eigenvalue weighted by Gasteiger charge is -2.15. The van der Waals surface area contributed by atoms with Crippen molar-refractivity contribution < 1.29 is 0 Å². The van der Waals surface area contributed by atoms with Crippen molar-refractivity contribution in [3.05, 3.63) is 103 Å². The molecule has 140 valence electrons. The summed E-state index contributed by atoms with van der Waals surface area (Å²) in [7, 11) is 0. The molecule has 7 aromatic rings. The Bertz CT molecular complexity index is 1630. The minimum atomic E-state index is 1.22. The van der Waals surface area contributed by atoms with Gasteiger partial charge in [0, 0.05) is 16.5 Å². The van der Waals surface area contributed by atoms with Gasteiger partial charge in [0.1, 0.15) is 0 Å². The standard InChI is InChI=1S/C29H19N/c1-18-14-19-10-12-21-16-23(17-22-13-11-20(15-18)28(19)29(21)22)30-26-8-4-2-6-24(26)25-7-3-5-9-27(25)30/h2-17H,1H3. The van der Waals surface area contributed by atoms with Crippen molar-refractivity contribution in [3.8, 4) is 5.69 Å². The van der Waals surface area contributed by atoms with Gasteiger partial charge in [0.05, 0.1) is 11.0 Å². The highest BCUT2D eigenvalue weighted by Crippen LogP contribution is 2.38. The Morgan fingerprint density at radius 2 is 0.933 bits per heavy atom. The van der Waals surface area contributed by atoms with Crippen LogP contribution in [0.25, 0.3) is 59.8 Å². The molecule has 0 unspecified atom stereocenters. The number of aromatic nitrogens is 1. The van der Waals surface area contributed by atoms with Crippen LogP contribution < -0.4 is 0 Å². The molecular weight excluding hydrogens is 362 g/mol. The molecule has 7 rings (SSSR count). The molecule has 0 aliphatic heterocycles. The fourth-order valence-electron chi connectivity index (χ4n) is 5.31. The summed E-state index contributed by atoms with van der Waals surface area (Å²) < 4.78 is 2.41. The van der Waals surface area contributed by atoms with Crippen molar-refractivity contribution in [3.63, 3.8) is 0 Å². The Labute approximate surface area is 174 Å². The molecule has 0 bridgehead atoms. The zero-order chi connectivity index (χ0) is 19.8. The van der Waals surface area contributed by atoms with Crippen molar-refractivity contribution in [2.24, 2.45) is 0 Å². The van der Waals surface area contributed by atoms with E-state index in [1.807, 2.05) is 0 Å². The van der Waals surface area contributed by atoms with E-state index in [2.05, 4.69) is 109 Å². The minimum Gasteiger partial charge on any atom is -0.309 e. The summed E-state index contributed by atoms with van der Waals surface area (Å²) in [5.41, 5.74) is 5.03. The van der Waals surface area contributed by atoms with Gasteiger partial charge < -0.3 is 4.57 Å². The molecule has 6 aromatic carbocycles. The molecule has 0 aliphatic carbocycles. The predicted octanol–water partition coefficient (Wildman–Crippen LogP) is 7.99. The maximum atomic E-state index is 2.41. The predicted molar refractivity (Wildman–Crippen MR) is 129 cm³/mol. The van der Waals surface area contributed by atoms with Crippen LogP contribution in [-0.2, 0) is 0 Å². The monoisotopic (exact) mass is 381 g/mol. The van der Waals surface area contributed by atoms with Crippen molar-refractivity contribution in [2.45, 2.75) is 6.92 Å². The first-order valence-electron chi connectivity index (χ1n) is 10.5. The molecule has 0 saturated carbocycles. The summed E-state index contributed by atoms with van der Waals surface area (Å²) in [5, 5.41) is 10.6. The van der Waals surface area contributed by atoms with Gasteiger partial charge in [-0.2, -0.15) is 0 Å². The average molecular weight is 381 g/mol. The summed E-state index contributed by atoms with van der Waals surface area (Å²) >= 11 is 0. The molecule has 30 heavy (non-hydrogen) atoms. The van der Waals surface area contributed by atoms with E-state index in [9.17, 15) is 0 Å². The number of para-hydroxylation sites is 2. The Morgan fingerprint density at radius 1 is 0.500 bits per heavy atom. The van der Waals surface area contributed by atoms with Crippen LogP contribution in [0.2, 0.25) is 0 Å². The highest BCUT2D eigenvalue weighted by atomic mass is 15.0. The molecule has 0 spiro atoms. The Balaban J connectivity index is 1.64. The van der Waals surface area contributed by atoms with Crippen molar-refractivity contribution >= 4 is 54.1 Å². The second-order valence-corrected chi connectivity index (χ2v) is 8.35. The van der Waals surface area contributed by atoms with Gasteiger partial charge in [-0.05, 0) is 69.1 Å². The third-order valence-corrected chi connectivity index (χ3v) is 6.50. The third-order valence-electron chi connectivity index (χ3n) is 6.50. The molecule has 0 fully saturated rings. The Morgan fingerprint density at radius 3 is 1.43 bits per heavy atom. The third kappa shape index (κ3) is 2.02. The summed E-state index contributed by atoms with van der Waals surface area (Å²) in [4.78, 5) is 0. The smallest absolute Gasteiger partial charge is 0.0541 e. The number of hydrogen-bond donors (Lipinski definition) is 0. The molecule has 0 N–H and O–H groups in total. The van der Waals surface area contributed by atoms with E-state index in [1.165, 1.54) is 65.4 Å². The van der Waals surface area contributed by atoms with Gasteiger partial charge in [0.25, 0.3) is 0 Å². The molecule has 1 heteroatoms. The lowest BCUT2D eigenvalue weighted by atomic mass is 9.92. The Kier molecular flexibility index (Phi) is 2.99. The maximum absolute atomic E-state index is 2.41. The fraction of sp³-hybridized carbons (Fsp3) is 0.0345. The van der Waals surface area contributed by atoms with Crippen LogP contribution in [-0.4, -0.2) is 4.57 Å². The van der Waals surface area contributed by atoms with Crippen LogP contribution in [0.1, 0.15) is 5.56 Å². The molecule has 0 aliphatic rings. The van der Waals surface area contributed by atoms with Crippen LogP contribution in [0.5, 0.6) is 0 Å². The molecular formula is C29H19N. The highest BCUT2D eigenvalue weighted by molar-refractivity contribution is 6.23. The average Bonchev–Trinajstić information content (AvgIpc) is 3.11. The van der Waals surface area contributed by atoms with Crippen LogP contribution in [0.15, 0.2) is 97.1 Å². The zero-order valence-corrected chi connectivity index (χ0v) is 16.7. The summed E-state index contributed by atoms with van der Waals surface area (Å²) in [5.74, 6) is 0. The van der Waals surface area contributed by atoms with E-state index < -0.39 is 0 Å². The van der Waals surface area contributed by atoms with Crippen molar-refractivity contribution in [1.82, 2.24) is 4.57 Å². The highest BCUT2D eigenvalue weighted by Gasteiger charge is 2.14. The topological polar surface area (TPSA) is 4.93 Å². The van der Waals surface area contributed by atoms with E-state index in [4.69, 9.17) is 0 Å². The fourth-order valence-corrected chi connectivity index (χ4v) is 5.31. The van der Waals surface area contributed by atoms with E-state index in [0.29, 0.717) is 0 Å². The molecule has 0 amide bonds. The van der Waals surface area contributed by atoms with E-state index in [-0.39, 0.29) is 0 Å². The molecule has 0 atom stereocenters. The van der Waals surface area contributed by atoms with Crippen LogP contribution >= 0.6 is 0 Å². The van der Waals surface area contributed by atoms with Crippen LogP contribution in [0.4, 0.5) is 0 Å². The van der Waals surface area contributed by atoms with Gasteiger partial charge in [-0.15, -0.1) is 0 Å². The van der Waals surface area contributed by atoms with Gasteiger partial charge in [0.15, 0.2) is 0 Å². The van der Waals surface area contributed by atoms with Crippen molar-refractivity contribution in [1.29, 1.82) is 0 Å². The van der Waals surface area contributed by atoms with E-state index in [1.54, 1.807) is 0 Å². The number of nitrogens with zero attached hydrogens (tertiary/aromatic N) is 1. The first kappa shape index (κ1) is 16.0. The molecule has 1 nitrogen and oxygen atoms in total. The lowest BCUT2D eigenvalue weighted by Crippen LogP contribution is -1.95. The lowest BCUT2D eigenvalue weighted by molar-refractivity contribution is 1.19. The van der Waals surface area contributed by atoms with Gasteiger partial charge in [-0.25, -0.2) is 0 Å². The number of hydrogen-bond acceptors (Lipinski definition) is 0. The molecule has 0 saturated heterocycles. The van der Waals surface area contributed by atoms with Gasteiger partial charge in [-0.1, -0.05) is 72.8 Å². The number of aryl methyl sites for hydroxylation is 1. The largest absolute Gasteiger partial charge is 0.309 e. The van der Waals surface area contributed by atoms with Gasteiger partial charge >= 0.3 is 0 Å². The van der Waals surface area contributed by atoms with Gasteiger partial charge in [-0.3, -0.25) is 0 Å². The zero-order valence-electron chi connectivity index (χ0n) is 16.7. The maximum Gasteiger partial charge on any atom is 0.0541 e. The van der Waals surface area contributed by atoms with Crippen LogP contribution in [0.3, 0.4) is 0 Å². The van der Waals surface area contributed by atoms with Crippen LogP contribution in [0, 0.1) is 6.92 Å². The molecule has 0 radical (unpaired) electrons. The Hall–Kier alpha value is -3.84. The molecule has 1 heterocycles. The summed E-state index contributed by atoms with van der Waals surface area (Å²) in [6, 6.07) is 35.8. The minimum absolute atomic E-state index is 1.22. The normalized spacial score (nSPS) is 12.2. The van der Waals surface area contributed by atoms with Crippen molar-refractivity contribution in [2.75, 3.05) is 0 Å². The quantitative estimate of drug-likeness (QED) is 0.254. The number of benzene rings is 6. The van der Waals surface area contributed by atoms with E-state index in [0.717, 1.165) is 0 Å². The second-order valence-electron chi connectivity index (χ2n) is 8.35. The number of fused-ring (bicyclic) bond motifs is 3. The summed E-state index contributed by atoms with van der Waals surface area (Å²) in [6.07, 6.45) is 0. The first-order valence-corrected chi connectivity index (χ1v) is 10.5. The van der Waals surface area contributed by atoms with E-state index >= 15 is 0 Å². The molecule has 1 aromatic heterocycles. The number of rotatable bonds is 1. The van der Waals surface area contributed by atoms with Gasteiger partial charge in [0.2, 0.25) is 0 Å². The first-order chi connectivity index (χ1) is 14.8.